The van der Waals surface area contributed by atoms with E-state index in [4.69, 9.17) is 11.6 Å². The molecule has 98 valence electrons. The summed E-state index contributed by atoms with van der Waals surface area (Å²) in [4.78, 5) is 0. The van der Waals surface area contributed by atoms with E-state index in [0.29, 0.717) is 11.5 Å². The van der Waals surface area contributed by atoms with Gasteiger partial charge in [0, 0.05) is 5.56 Å². The summed E-state index contributed by atoms with van der Waals surface area (Å²) in [5.74, 6) is 1.80. The predicted octanol–water partition coefficient (Wildman–Crippen LogP) is 4.34. The van der Waals surface area contributed by atoms with E-state index in [1.54, 1.807) is 12.1 Å². The molecule has 1 aromatic carbocycles. The Labute approximate surface area is 112 Å². The highest BCUT2D eigenvalue weighted by Crippen LogP contribution is 2.51. The van der Waals surface area contributed by atoms with Crippen molar-refractivity contribution in [3.05, 3.63) is 34.6 Å². The minimum atomic E-state index is -0.627. The molecule has 0 aliphatic heterocycles. The molecule has 0 amide bonds. The molecule has 1 nitrogen and oxygen atoms in total. The van der Waals surface area contributed by atoms with E-state index in [2.05, 4.69) is 0 Å². The standard InChI is InChI=1S/C15H18ClFO/c16-15-12(2-1-3-13(15)17)14(18)8-11-7-9-4-5-10(11)6-9/h1-3,9-11,14,18H,4-8H2. The Hall–Kier alpha value is -0.600. The van der Waals surface area contributed by atoms with Crippen LogP contribution >= 0.6 is 11.6 Å². The zero-order chi connectivity index (χ0) is 12.7. The fourth-order valence-corrected chi connectivity index (χ4v) is 4.11. The molecule has 1 N–H and O–H groups in total. The van der Waals surface area contributed by atoms with Crippen molar-refractivity contribution in [2.24, 2.45) is 17.8 Å². The molecule has 0 saturated heterocycles. The monoisotopic (exact) mass is 268 g/mol. The first kappa shape index (κ1) is 12.4. The lowest BCUT2D eigenvalue weighted by Crippen LogP contribution is -2.14. The van der Waals surface area contributed by atoms with Crippen molar-refractivity contribution in [3.8, 4) is 0 Å². The van der Waals surface area contributed by atoms with Crippen LogP contribution in [0.25, 0.3) is 0 Å². The molecule has 3 rings (SSSR count). The van der Waals surface area contributed by atoms with E-state index in [1.807, 2.05) is 0 Å². The summed E-state index contributed by atoms with van der Waals surface area (Å²) in [7, 11) is 0. The Balaban J connectivity index is 1.71. The number of halogens is 2. The zero-order valence-corrected chi connectivity index (χ0v) is 11.0. The first-order valence-electron chi connectivity index (χ1n) is 6.77. The van der Waals surface area contributed by atoms with Crippen molar-refractivity contribution in [1.82, 2.24) is 0 Å². The minimum Gasteiger partial charge on any atom is -0.388 e. The van der Waals surface area contributed by atoms with Gasteiger partial charge in [-0.05, 0) is 49.5 Å². The van der Waals surface area contributed by atoms with Crippen LogP contribution in [0.1, 0.15) is 43.8 Å². The van der Waals surface area contributed by atoms with E-state index in [0.717, 1.165) is 18.3 Å². The molecule has 0 spiro atoms. The lowest BCUT2D eigenvalue weighted by atomic mass is 9.83. The quantitative estimate of drug-likeness (QED) is 0.865. The molecular weight excluding hydrogens is 251 g/mol. The van der Waals surface area contributed by atoms with Gasteiger partial charge in [-0.15, -0.1) is 0 Å². The smallest absolute Gasteiger partial charge is 0.142 e. The Morgan fingerprint density at radius 1 is 1.33 bits per heavy atom. The van der Waals surface area contributed by atoms with Crippen LogP contribution in [0.5, 0.6) is 0 Å². The van der Waals surface area contributed by atoms with Gasteiger partial charge >= 0.3 is 0 Å². The number of benzene rings is 1. The number of hydrogen-bond acceptors (Lipinski definition) is 1. The molecule has 4 atom stereocenters. The molecule has 2 saturated carbocycles. The first-order valence-corrected chi connectivity index (χ1v) is 7.15. The fraction of sp³-hybridized carbons (Fsp3) is 0.600. The second kappa shape index (κ2) is 4.82. The first-order chi connectivity index (χ1) is 8.65. The maximum Gasteiger partial charge on any atom is 0.142 e. The second-order valence-electron chi connectivity index (χ2n) is 5.83. The number of rotatable bonds is 3. The van der Waals surface area contributed by atoms with Crippen LogP contribution in [0.2, 0.25) is 5.02 Å². The summed E-state index contributed by atoms with van der Waals surface area (Å²) in [5.41, 5.74) is 0.541. The van der Waals surface area contributed by atoms with Crippen LogP contribution < -0.4 is 0 Å². The molecule has 0 heterocycles. The molecular formula is C15H18ClFO. The van der Waals surface area contributed by atoms with Gasteiger partial charge in [-0.3, -0.25) is 0 Å². The van der Waals surface area contributed by atoms with E-state index in [9.17, 15) is 9.50 Å². The highest BCUT2D eigenvalue weighted by atomic mass is 35.5. The fourth-order valence-electron chi connectivity index (χ4n) is 3.86. The van der Waals surface area contributed by atoms with Gasteiger partial charge in [-0.25, -0.2) is 4.39 Å². The number of aliphatic hydroxyl groups excluding tert-OH is 1. The third-order valence-electron chi connectivity index (χ3n) is 4.75. The van der Waals surface area contributed by atoms with Crippen molar-refractivity contribution in [2.75, 3.05) is 0 Å². The summed E-state index contributed by atoms with van der Waals surface area (Å²) in [6, 6.07) is 4.67. The topological polar surface area (TPSA) is 20.2 Å². The summed E-state index contributed by atoms with van der Waals surface area (Å²) in [6.45, 7) is 0. The Morgan fingerprint density at radius 2 is 2.17 bits per heavy atom. The highest BCUT2D eigenvalue weighted by molar-refractivity contribution is 6.31. The molecule has 0 aromatic heterocycles. The van der Waals surface area contributed by atoms with Crippen molar-refractivity contribution >= 4 is 11.6 Å². The molecule has 2 fully saturated rings. The molecule has 1 aromatic rings. The molecule has 18 heavy (non-hydrogen) atoms. The summed E-state index contributed by atoms with van der Waals surface area (Å²) >= 11 is 5.92. The number of hydrogen-bond donors (Lipinski definition) is 1. The minimum absolute atomic E-state index is 0.0770. The predicted molar refractivity (Wildman–Crippen MR) is 69.9 cm³/mol. The van der Waals surface area contributed by atoms with Crippen LogP contribution in [0.3, 0.4) is 0 Å². The van der Waals surface area contributed by atoms with Gasteiger partial charge in [0.25, 0.3) is 0 Å². The van der Waals surface area contributed by atoms with Gasteiger partial charge in [0.1, 0.15) is 5.82 Å². The third-order valence-corrected chi connectivity index (χ3v) is 5.15. The molecule has 0 radical (unpaired) electrons. The maximum absolute atomic E-state index is 13.4. The summed E-state index contributed by atoms with van der Waals surface area (Å²) < 4.78 is 13.4. The van der Waals surface area contributed by atoms with Crippen LogP contribution in [0, 0.1) is 23.6 Å². The third kappa shape index (κ3) is 2.17. The average molecular weight is 269 g/mol. The van der Waals surface area contributed by atoms with E-state index >= 15 is 0 Å². The zero-order valence-electron chi connectivity index (χ0n) is 10.3. The molecule has 2 bridgehead atoms. The van der Waals surface area contributed by atoms with Gasteiger partial charge in [0.2, 0.25) is 0 Å². The van der Waals surface area contributed by atoms with Crippen molar-refractivity contribution in [3.63, 3.8) is 0 Å². The summed E-state index contributed by atoms with van der Waals surface area (Å²) in [6.07, 6.45) is 5.32. The van der Waals surface area contributed by atoms with Gasteiger partial charge < -0.3 is 5.11 Å². The molecule has 2 aliphatic rings. The number of fused-ring (bicyclic) bond motifs is 2. The van der Waals surface area contributed by atoms with Crippen LogP contribution in [0.4, 0.5) is 4.39 Å². The summed E-state index contributed by atoms with van der Waals surface area (Å²) in [5, 5.41) is 10.3. The van der Waals surface area contributed by atoms with Gasteiger partial charge in [-0.2, -0.15) is 0 Å². The highest BCUT2D eigenvalue weighted by Gasteiger charge is 2.40. The maximum atomic E-state index is 13.4. The van der Waals surface area contributed by atoms with E-state index in [-0.39, 0.29) is 5.02 Å². The van der Waals surface area contributed by atoms with Crippen molar-refractivity contribution in [1.29, 1.82) is 0 Å². The molecule has 4 unspecified atom stereocenters. The van der Waals surface area contributed by atoms with E-state index in [1.165, 1.54) is 31.7 Å². The van der Waals surface area contributed by atoms with Crippen LogP contribution in [-0.4, -0.2) is 5.11 Å². The largest absolute Gasteiger partial charge is 0.388 e. The Bertz CT molecular complexity index is 448. The number of aliphatic hydroxyl groups is 1. The van der Waals surface area contributed by atoms with Gasteiger partial charge in [-0.1, -0.05) is 30.2 Å². The lowest BCUT2D eigenvalue weighted by molar-refractivity contribution is 0.125. The van der Waals surface area contributed by atoms with Crippen molar-refractivity contribution in [2.45, 2.75) is 38.2 Å². The Kier molecular flexibility index (Phi) is 3.33. The normalized spacial score (nSPS) is 31.8. The average Bonchev–Trinajstić information content (AvgIpc) is 2.94. The molecule has 2 aliphatic carbocycles. The lowest BCUT2D eigenvalue weighted by Gasteiger charge is -2.24. The second-order valence-corrected chi connectivity index (χ2v) is 6.21. The van der Waals surface area contributed by atoms with Crippen LogP contribution in [0.15, 0.2) is 18.2 Å². The van der Waals surface area contributed by atoms with Crippen molar-refractivity contribution < 1.29 is 9.50 Å². The van der Waals surface area contributed by atoms with Gasteiger partial charge in [0.05, 0.1) is 11.1 Å². The SMILES string of the molecule is OC(CC1CC2CCC1C2)c1cccc(F)c1Cl. The van der Waals surface area contributed by atoms with Crippen LogP contribution in [-0.2, 0) is 0 Å². The van der Waals surface area contributed by atoms with E-state index < -0.39 is 11.9 Å². The molecule has 3 heteroatoms. The van der Waals surface area contributed by atoms with Gasteiger partial charge in [0.15, 0.2) is 0 Å². The Morgan fingerprint density at radius 3 is 2.83 bits per heavy atom.